The van der Waals surface area contributed by atoms with Crippen LogP contribution in [-0.2, 0) is 11.0 Å². The number of nitrogens with zero attached hydrogens (tertiary/aromatic N) is 1. The van der Waals surface area contributed by atoms with Crippen molar-refractivity contribution in [3.63, 3.8) is 0 Å². The summed E-state index contributed by atoms with van der Waals surface area (Å²) in [7, 11) is -4.44. The van der Waals surface area contributed by atoms with Crippen molar-refractivity contribution in [1.82, 2.24) is 0 Å². The van der Waals surface area contributed by atoms with E-state index in [-0.39, 0.29) is 0 Å². The van der Waals surface area contributed by atoms with E-state index < -0.39 is 13.4 Å². The summed E-state index contributed by atoms with van der Waals surface area (Å²) in [6.07, 6.45) is 2.01. The van der Waals surface area contributed by atoms with Crippen LogP contribution in [0.4, 0.5) is 5.69 Å². The molecule has 0 spiro atoms. The van der Waals surface area contributed by atoms with Gasteiger partial charge in [0.05, 0.1) is 11.6 Å². The molecule has 0 aliphatic carbocycles. The molecule has 0 bridgehead atoms. The molecule has 0 fully saturated rings. The van der Waals surface area contributed by atoms with Gasteiger partial charge in [0.15, 0.2) is 5.78 Å². The van der Waals surface area contributed by atoms with Crippen LogP contribution in [0.2, 0.25) is 0 Å². The number of aryl methyl sites for hydroxylation is 1. The van der Waals surface area contributed by atoms with Crippen LogP contribution in [0.15, 0.2) is 48.5 Å². The van der Waals surface area contributed by atoms with Crippen molar-refractivity contribution in [3.05, 3.63) is 65.2 Å². The minimum Gasteiger partial charge on any atom is -0.368 e. The van der Waals surface area contributed by atoms with Crippen LogP contribution in [0.5, 0.6) is 0 Å². The highest BCUT2D eigenvalue weighted by Gasteiger charge is 2.30. The summed E-state index contributed by atoms with van der Waals surface area (Å²) in [6, 6.07) is 15.8. The van der Waals surface area contributed by atoms with Crippen LogP contribution in [0.25, 0.3) is 0 Å². The first-order chi connectivity index (χ1) is 10.9. The van der Waals surface area contributed by atoms with Gasteiger partial charge in [-0.15, -0.1) is 0 Å². The predicted octanol–water partition coefficient (Wildman–Crippen LogP) is 3.80. The molecular formula is C17H19N2O3P. The number of anilines is 1. The van der Waals surface area contributed by atoms with Crippen molar-refractivity contribution < 1.29 is 14.4 Å². The van der Waals surface area contributed by atoms with E-state index in [2.05, 4.69) is 12.2 Å². The molecule has 0 aromatic heterocycles. The van der Waals surface area contributed by atoms with E-state index >= 15 is 0 Å². The van der Waals surface area contributed by atoms with Gasteiger partial charge in [-0.1, -0.05) is 37.6 Å². The summed E-state index contributed by atoms with van der Waals surface area (Å²) in [5, 5.41) is 11.8. The second kappa shape index (κ2) is 7.43. The van der Waals surface area contributed by atoms with Crippen LogP contribution in [0.1, 0.15) is 35.8 Å². The van der Waals surface area contributed by atoms with E-state index in [1.54, 1.807) is 18.2 Å². The van der Waals surface area contributed by atoms with Gasteiger partial charge in [0, 0.05) is 5.69 Å². The van der Waals surface area contributed by atoms with E-state index in [1.165, 1.54) is 11.6 Å². The quantitative estimate of drug-likeness (QED) is 0.701. The summed E-state index contributed by atoms with van der Waals surface area (Å²) < 4.78 is 11.9. The topological polar surface area (TPSA) is 93.4 Å². The molecule has 6 heteroatoms. The van der Waals surface area contributed by atoms with Crippen LogP contribution in [0.3, 0.4) is 0 Å². The lowest BCUT2D eigenvalue weighted by atomic mass is 10.1. The molecule has 2 rings (SSSR count). The summed E-state index contributed by atoms with van der Waals surface area (Å²) in [5.74, 6) is -1.19. The van der Waals surface area contributed by atoms with Gasteiger partial charge in [-0.3, -0.25) is 4.57 Å². The molecule has 120 valence electrons. The SMILES string of the molecule is CCCc1ccc(N[C@H](c2cccc(C#N)c2)P(=O)(O)O)cc1. The van der Waals surface area contributed by atoms with Crippen molar-refractivity contribution >= 4 is 13.3 Å². The molecule has 2 aromatic rings. The lowest BCUT2D eigenvalue weighted by Gasteiger charge is -2.21. The van der Waals surface area contributed by atoms with Gasteiger partial charge in [-0.25, -0.2) is 0 Å². The van der Waals surface area contributed by atoms with Crippen molar-refractivity contribution in [2.75, 3.05) is 5.32 Å². The minimum atomic E-state index is -4.44. The fourth-order valence-corrected chi connectivity index (χ4v) is 3.22. The third-order valence-corrected chi connectivity index (χ3v) is 4.56. The Kier molecular flexibility index (Phi) is 5.57. The summed E-state index contributed by atoms with van der Waals surface area (Å²) in [6.45, 7) is 2.10. The Hall–Kier alpha value is -2.12. The number of nitriles is 1. The van der Waals surface area contributed by atoms with Gasteiger partial charge in [-0.2, -0.15) is 5.26 Å². The largest absolute Gasteiger partial charge is 0.368 e. The molecule has 0 saturated heterocycles. The zero-order chi connectivity index (χ0) is 16.9. The van der Waals surface area contributed by atoms with E-state index in [9.17, 15) is 14.4 Å². The molecule has 5 nitrogen and oxygen atoms in total. The van der Waals surface area contributed by atoms with E-state index in [4.69, 9.17) is 5.26 Å². The second-order valence-electron chi connectivity index (χ2n) is 5.32. The molecule has 2 aromatic carbocycles. The van der Waals surface area contributed by atoms with Gasteiger partial charge in [-0.05, 0) is 41.8 Å². The monoisotopic (exact) mass is 330 g/mol. The highest BCUT2D eigenvalue weighted by Crippen LogP contribution is 2.51. The molecular weight excluding hydrogens is 311 g/mol. The fourth-order valence-electron chi connectivity index (χ4n) is 2.35. The van der Waals surface area contributed by atoms with Gasteiger partial charge >= 0.3 is 7.60 Å². The Morgan fingerprint density at radius 1 is 1.22 bits per heavy atom. The standard InChI is InChI=1S/C17H19N2O3P/c1-2-4-13-7-9-16(10-8-13)19-17(23(20,21)22)15-6-3-5-14(11-15)12-18/h3,5-11,17,19H,2,4H2,1H3,(H2,20,21,22)/t17-/m0/s1. The summed E-state index contributed by atoms with van der Waals surface area (Å²) in [5.41, 5.74) is 2.55. The molecule has 3 N–H and O–H groups in total. The Morgan fingerprint density at radius 2 is 1.91 bits per heavy atom. The maximum Gasteiger partial charge on any atom is 0.352 e. The van der Waals surface area contributed by atoms with E-state index in [0.717, 1.165) is 12.8 Å². The molecule has 1 atom stereocenters. The number of benzene rings is 2. The fraction of sp³-hybridized carbons (Fsp3) is 0.235. The van der Waals surface area contributed by atoms with Crippen molar-refractivity contribution in [1.29, 1.82) is 5.26 Å². The van der Waals surface area contributed by atoms with Crippen molar-refractivity contribution in [2.24, 2.45) is 0 Å². The van der Waals surface area contributed by atoms with Crippen LogP contribution >= 0.6 is 7.60 Å². The number of rotatable bonds is 6. The van der Waals surface area contributed by atoms with Crippen LogP contribution < -0.4 is 5.32 Å². The third-order valence-electron chi connectivity index (χ3n) is 3.46. The molecule has 0 amide bonds. The van der Waals surface area contributed by atoms with Gasteiger partial charge in [0.1, 0.15) is 0 Å². The summed E-state index contributed by atoms with van der Waals surface area (Å²) in [4.78, 5) is 19.3. The number of hydrogen-bond acceptors (Lipinski definition) is 3. The smallest absolute Gasteiger partial charge is 0.352 e. The molecule has 23 heavy (non-hydrogen) atoms. The molecule has 0 unspecified atom stereocenters. The van der Waals surface area contributed by atoms with Gasteiger partial charge < -0.3 is 15.1 Å². The van der Waals surface area contributed by atoms with Crippen molar-refractivity contribution in [2.45, 2.75) is 25.5 Å². The average molecular weight is 330 g/mol. The first-order valence-corrected chi connectivity index (χ1v) is 9.03. The Balaban J connectivity index is 2.29. The molecule has 0 aliphatic heterocycles. The van der Waals surface area contributed by atoms with Gasteiger partial charge in [0.25, 0.3) is 0 Å². The lowest BCUT2D eigenvalue weighted by Crippen LogP contribution is -2.11. The zero-order valence-corrected chi connectivity index (χ0v) is 13.7. The van der Waals surface area contributed by atoms with Crippen molar-refractivity contribution in [3.8, 4) is 6.07 Å². The second-order valence-corrected chi connectivity index (χ2v) is 7.01. The van der Waals surface area contributed by atoms with E-state index in [1.807, 2.05) is 30.3 Å². The first-order valence-electron chi connectivity index (χ1n) is 7.35. The maximum atomic E-state index is 11.9. The Morgan fingerprint density at radius 3 is 2.48 bits per heavy atom. The zero-order valence-electron chi connectivity index (χ0n) is 12.8. The Labute approximate surface area is 135 Å². The summed E-state index contributed by atoms with van der Waals surface area (Å²) >= 11 is 0. The third kappa shape index (κ3) is 4.67. The first kappa shape index (κ1) is 17.2. The molecule has 0 heterocycles. The maximum absolute atomic E-state index is 11.9. The lowest BCUT2D eigenvalue weighted by molar-refractivity contribution is 0.363. The highest BCUT2D eigenvalue weighted by molar-refractivity contribution is 7.52. The predicted molar refractivity (Wildman–Crippen MR) is 90.0 cm³/mol. The number of nitrogens with one attached hydrogen (secondary N) is 1. The molecule has 0 aliphatic rings. The Bertz CT molecular complexity index is 747. The molecule has 0 radical (unpaired) electrons. The van der Waals surface area contributed by atoms with E-state index in [0.29, 0.717) is 16.8 Å². The van der Waals surface area contributed by atoms with Crippen LogP contribution in [0, 0.1) is 11.3 Å². The average Bonchev–Trinajstić information content (AvgIpc) is 2.53. The van der Waals surface area contributed by atoms with Crippen LogP contribution in [-0.4, -0.2) is 9.79 Å². The van der Waals surface area contributed by atoms with Gasteiger partial charge in [0.2, 0.25) is 0 Å². The minimum absolute atomic E-state index is 0.362. The normalized spacial score (nSPS) is 12.4. The number of hydrogen-bond donors (Lipinski definition) is 3. The highest BCUT2D eigenvalue weighted by atomic mass is 31.2. The molecule has 0 saturated carbocycles.